The summed E-state index contributed by atoms with van der Waals surface area (Å²) in [4.78, 5) is 15.2. The Labute approximate surface area is 128 Å². The molecule has 0 N–H and O–H groups in total. The van der Waals surface area contributed by atoms with Crippen LogP contribution in [0.3, 0.4) is 0 Å². The summed E-state index contributed by atoms with van der Waals surface area (Å²) >= 11 is 3.58. The minimum atomic E-state index is -0.541. The van der Waals surface area contributed by atoms with Gasteiger partial charge in [0.25, 0.3) is 0 Å². The van der Waals surface area contributed by atoms with E-state index in [0.717, 1.165) is 57.7 Å². The van der Waals surface area contributed by atoms with Crippen LogP contribution in [-0.4, -0.2) is 6.08 Å². The van der Waals surface area contributed by atoms with Crippen LogP contribution in [0, 0.1) is 0 Å². The quantitative estimate of drug-likeness (QED) is 0.482. The molecule has 1 fully saturated rings. The standard InChI is InChI=1S/C16H12BrNO3/c17-13-11-4-8-20-14(11)12(10-3-7-21-15(10)13)16(18-9-19)5-1-2-6-16/h3-4,7-8H,1-2,5-6H2. The van der Waals surface area contributed by atoms with Crippen molar-refractivity contribution < 1.29 is 13.6 Å². The fourth-order valence-electron chi connectivity index (χ4n) is 3.52. The molecule has 0 atom stereocenters. The van der Waals surface area contributed by atoms with Crippen molar-refractivity contribution in [2.45, 2.75) is 31.2 Å². The lowest BCUT2D eigenvalue weighted by molar-refractivity contribution is 0.454. The molecule has 1 aromatic carbocycles. The van der Waals surface area contributed by atoms with Gasteiger partial charge in [-0.3, -0.25) is 0 Å². The number of rotatable bonds is 2. The van der Waals surface area contributed by atoms with E-state index in [1.807, 2.05) is 12.1 Å². The molecule has 1 aliphatic rings. The molecule has 4 rings (SSSR count). The first kappa shape index (κ1) is 12.9. The van der Waals surface area contributed by atoms with Crippen LogP contribution in [0.15, 0.2) is 43.0 Å². The summed E-state index contributed by atoms with van der Waals surface area (Å²) < 4.78 is 12.2. The second kappa shape index (κ2) is 4.58. The van der Waals surface area contributed by atoms with Gasteiger partial charge in [0, 0.05) is 16.3 Å². The molecule has 5 heteroatoms. The molecule has 0 aliphatic heterocycles. The van der Waals surface area contributed by atoms with Gasteiger partial charge in [0.05, 0.1) is 17.0 Å². The molecular weight excluding hydrogens is 334 g/mol. The molecule has 0 spiro atoms. The fourth-order valence-corrected chi connectivity index (χ4v) is 4.14. The second-order valence-corrected chi connectivity index (χ2v) is 6.25. The largest absolute Gasteiger partial charge is 0.464 e. The first-order valence-corrected chi connectivity index (χ1v) is 7.71. The number of furan rings is 2. The fraction of sp³-hybridized carbons (Fsp3) is 0.312. The van der Waals surface area contributed by atoms with Crippen molar-refractivity contribution in [3.05, 3.63) is 34.7 Å². The molecule has 2 aromatic heterocycles. The molecule has 2 heterocycles. The summed E-state index contributed by atoms with van der Waals surface area (Å²) in [6.45, 7) is 0. The molecule has 3 aromatic rings. The van der Waals surface area contributed by atoms with E-state index in [1.165, 1.54) is 0 Å². The van der Waals surface area contributed by atoms with E-state index < -0.39 is 5.54 Å². The SMILES string of the molecule is O=C=NC1(c2c3ccoc3c(Br)c3ccoc23)CCCC1. The predicted molar refractivity (Wildman–Crippen MR) is 82.0 cm³/mol. The minimum absolute atomic E-state index is 0.541. The van der Waals surface area contributed by atoms with E-state index in [2.05, 4.69) is 20.9 Å². The van der Waals surface area contributed by atoms with Crippen molar-refractivity contribution >= 4 is 43.9 Å². The lowest BCUT2D eigenvalue weighted by Gasteiger charge is -2.24. The summed E-state index contributed by atoms with van der Waals surface area (Å²) in [6, 6.07) is 3.82. The number of aliphatic imine (C=N–C) groups is 1. The highest BCUT2D eigenvalue weighted by atomic mass is 79.9. The smallest absolute Gasteiger partial charge is 0.235 e. The molecule has 1 saturated carbocycles. The van der Waals surface area contributed by atoms with Gasteiger partial charge in [0.2, 0.25) is 6.08 Å². The van der Waals surface area contributed by atoms with Gasteiger partial charge >= 0.3 is 0 Å². The van der Waals surface area contributed by atoms with Gasteiger partial charge < -0.3 is 8.83 Å². The van der Waals surface area contributed by atoms with Crippen LogP contribution < -0.4 is 0 Å². The van der Waals surface area contributed by atoms with E-state index in [0.29, 0.717) is 0 Å². The molecule has 0 saturated heterocycles. The molecular formula is C16H12BrNO3. The van der Waals surface area contributed by atoms with Crippen molar-refractivity contribution in [2.24, 2.45) is 4.99 Å². The van der Waals surface area contributed by atoms with Crippen molar-refractivity contribution in [2.75, 3.05) is 0 Å². The maximum absolute atomic E-state index is 11.0. The number of isocyanates is 1. The van der Waals surface area contributed by atoms with Gasteiger partial charge in [-0.15, -0.1) is 0 Å². The van der Waals surface area contributed by atoms with Crippen LogP contribution in [-0.2, 0) is 10.3 Å². The average molecular weight is 346 g/mol. The third kappa shape index (κ3) is 1.68. The molecule has 0 bridgehead atoms. The first-order valence-electron chi connectivity index (χ1n) is 6.92. The molecule has 106 valence electrons. The van der Waals surface area contributed by atoms with Gasteiger partial charge in [-0.05, 0) is 40.9 Å². The summed E-state index contributed by atoms with van der Waals surface area (Å²) in [5, 5.41) is 1.89. The van der Waals surface area contributed by atoms with E-state index >= 15 is 0 Å². The number of nitrogens with zero attached hydrogens (tertiary/aromatic N) is 1. The average Bonchev–Trinajstić information content (AvgIpc) is 3.18. The molecule has 0 amide bonds. The number of carbonyl (C=O) groups excluding carboxylic acids is 1. The predicted octanol–water partition coefficient (Wildman–Crippen LogP) is 5.05. The van der Waals surface area contributed by atoms with Crippen molar-refractivity contribution in [1.29, 1.82) is 0 Å². The van der Waals surface area contributed by atoms with Crippen LogP contribution in [0.5, 0.6) is 0 Å². The third-order valence-electron chi connectivity index (χ3n) is 4.42. The van der Waals surface area contributed by atoms with E-state index in [4.69, 9.17) is 8.83 Å². The van der Waals surface area contributed by atoms with Crippen LogP contribution >= 0.6 is 15.9 Å². The highest BCUT2D eigenvalue weighted by molar-refractivity contribution is 9.10. The molecule has 0 unspecified atom stereocenters. The van der Waals surface area contributed by atoms with Gasteiger partial charge in [-0.25, -0.2) is 4.79 Å². The minimum Gasteiger partial charge on any atom is -0.464 e. The van der Waals surface area contributed by atoms with E-state index in [9.17, 15) is 4.79 Å². The van der Waals surface area contributed by atoms with Crippen molar-refractivity contribution in [3.8, 4) is 0 Å². The Morgan fingerprint density at radius 3 is 2.48 bits per heavy atom. The maximum atomic E-state index is 11.0. The maximum Gasteiger partial charge on any atom is 0.235 e. The Balaban J connectivity index is 2.19. The first-order chi connectivity index (χ1) is 10.3. The van der Waals surface area contributed by atoms with E-state index in [-0.39, 0.29) is 0 Å². The zero-order valence-electron chi connectivity index (χ0n) is 11.2. The zero-order valence-corrected chi connectivity index (χ0v) is 12.8. The van der Waals surface area contributed by atoms with E-state index in [1.54, 1.807) is 18.6 Å². The summed E-state index contributed by atoms with van der Waals surface area (Å²) in [7, 11) is 0. The Bertz CT molecular complexity index is 828. The Hall–Kier alpha value is -1.84. The number of fused-ring (bicyclic) bond motifs is 2. The van der Waals surface area contributed by atoms with Gasteiger partial charge in [0.15, 0.2) is 0 Å². The van der Waals surface area contributed by atoms with Gasteiger partial charge in [0.1, 0.15) is 16.7 Å². The normalized spacial score (nSPS) is 17.4. The lowest BCUT2D eigenvalue weighted by atomic mass is 9.85. The third-order valence-corrected chi connectivity index (χ3v) is 5.21. The van der Waals surface area contributed by atoms with Crippen LogP contribution in [0.2, 0.25) is 0 Å². The monoisotopic (exact) mass is 345 g/mol. The Morgan fingerprint density at radius 2 is 1.76 bits per heavy atom. The number of hydrogen-bond donors (Lipinski definition) is 0. The zero-order chi connectivity index (χ0) is 14.4. The molecule has 4 nitrogen and oxygen atoms in total. The van der Waals surface area contributed by atoms with Crippen molar-refractivity contribution in [1.82, 2.24) is 0 Å². The lowest BCUT2D eigenvalue weighted by Crippen LogP contribution is -2.19. The van der Waals surface area contributed by atoms with Crippen LogP contribution in [0.4, 0.5) is 0 Å². The van der Waals surface area contributed by atoms with Crippen molar-refractivity contribution in [3.63, 3.8) is 0 Å². The topological polar surface area (TPSA) is 55.7 Å². The molecule has 21 heavy (non-hydrogen) atoms. The molecule has 1 aliphatic carbocycles. The highest BCUT2D eigenvalue weighted by Gasteiger charge is 2.40. The number of hydrogen-bond acceptors (Lipinski definition) is 4. The number of benzene rings is 1. The highest BCUT2D eigenvalue weighted by Crippen LogP contribution is 2.49. The second-order valence-electron chi connectivity index (χ2n) is 5.46. The van der Waals surface area contributed by atoms with Crippen LogP contribution in [0.1, 0.15) is 31.2 Å². The van der Waals surface area contributed by atoms with Gasteiger partial charge in [-0.1, -0.05) is 12.8 Å². The molecule has 0 radical (unpaired) electrons. The Morgan fingerprint density at radius 1 is 1.10 bits per heavy atom. The summed E-state index contributed by atoms with van der Waals surface area (Å²) in [6.07, 6.45) is 8.84. The summed E-state index contributed by atoms with van der Waals surface area (Å²) in [5.41, 5.74) is 1.96. The summed E-state index contributed by atoms with van der Waals surface area (Å²) in [5.74, 6) is 0. The Kier molecular flexibility index (Phi) is 2.81. The van der Waals surface area contributed by atoms with Crippen LogP contribution in [0.25, 0.3) is 21.9 Å². The number of halogens is 1. The van der Waals surface area contributed by atoms with Gasteiger partial charge in [-0.2, -0.15) is 4.99 Å².